The number of carboxylic acids is 1. The van der Waals surface area contributed by atoms with Crippen LogP contribution in [0.15, 0.2) is 22.6 Å². The number of fused-ring (bicyclic) bond motifs is 1. The molecule has 0 saturated carbocycles. The summed E-state index contributed by atoms with van der Waals surface area (Å²) < 4.78 is 16.0. The van der Waals surface area contributed by atoms with E-state index in [1.54, 1.807) is 32.2 Å². The van der Waals surface area contributed by atoms with Crippen LogP contribution in [0.3, 0.4) is 0 Å². The minimum Gasteiger partial charge on any atom is -0.497 e. The van der Waals surface area contributed by atoms with Crippen molar-refractivity contribution in [2.75, 3.05) is 26.9 Å². The Balaban J connectivity index is 2.00. The first-order chi connectivity index (χ1) is 11.0. The molecule has 1 aromatic carbocycles. The number of benzene rings is 1. The highest BCUT2D eigenvalue weighted by atomic mass is 16.5. The highest BCUT2D eigenvalue weighted by Crippen LogP contribution is 2.30. The Bertz CT molecular complexity index is 765. The lowest BCUT2D eigenvalue weighted by atomic mass is 10.1. The molecule has 2 aromatic rings. The second kappa shape index (κ2) is 5.92. The molecule has 7 heteroatoms. The quantitative estimate of drug-likeness (QED) is 0.926. The predicted molar refractivity (Wildman–Crippen MR) is 80.8 cm³/mol. The highest BCUT2D eigenvalue weighted by molar-refractivity contribution is 6.00. The smallest absolute Gasteiger partial charge is 0.328 e. The zero-order chi connectivity index (χ0) is 16.6. The van der Waals surface area contributed by atoms with Crippen molar-refractivity contribution < 1.29 is 28.6 Å². The number of aliphatic carboxylic acids is 1. The summed E-state index contributed by atoms with van der Waals surface area (Å²) in [6.45, 7) is 2.28. The van der Waals surface area contributed by atoms with Crippen LogP contribution < -0.4 is 4.74 Å². The van der Waals surface area contributed by atoms with Crippen LogP contribution in [0.5, 0.6) is 5.75 Å². The Morgan fingerprint density at radius 1 is 1.39 bits per heavy atom. The van der Waals surface area contributed by atoms with Crippen molar-refractivity contribution in [3.8, 4) is 5.75 Å². The van der Waals surface area contributed by atoms with E-state index >= 15 is 0 Å². The minimum absolute atomic E-state index is 0.0197. The van der Waals surface area contributed by atoms with Gasteiger partial charge >= 0.3 is 5.97 Å². The molecule has 1 aliphatic rings. The van der Waals surface area contributed by atoms with E-state index in [1.165, 1.54) is 4.90 Å². The Kier molecular flexibility index (Phi) is 3.96. The number of rotatable bonds is 3. The standard InChI is InChI=1S/C16H17NO6/c1-9-11-7-10(21-2)3-4-13(11)23-14(9)15(18)17-5-6-22-8-12(17)16(19)20/h3-4,7,12H,5-6,8H2,1-2H3,(H,19,20)/t12-/m1/s1. The second-order valence-electron chi connectivity index (χ2n) is 5.35. The molecule has 1 amide bonds. The van der Waals surface area contributed by atoms with Crippen LogP contribution in [0.2, 0.25) is 0 Å². The molecule has 3 rings (SSSR count). The number of carbonyl (C=O) groups excluding carboxylic acids is 1. The first kappa shape index (κ1) is 15.4. The third-order valence-corrected chi connectivity index (χ3v) is 4.01. The molecule has 1 aromatic heterocycles. The molecule has 1 fully saturated rings. The van der Waals surface area contributed by atoms with Gasteiger partial charge in [-0.25, -0.2) is 4.79 Å². The predicted octanol–water partition coefficient (Wildman–Crippen LogP) is 1.68. The lowest BCUT2D eigenvalue weighted by Crippen LogP contribution is -2.52. The van der Waals surface area contributed by atoms with Gasteiger partial charge in [0.05, 0.1) is 20.3 Å². The van der Waals surface area contributed by atoms with Crippen LogP contribution in [0, 0.1) is 6.92 Å². The summed E-state index contributed by atoms with van der Waals surface area (Å²) in [6.07, 6.45) is 0. The fraction of sp³-hybridized carbons (Fsp3) is 0.375. The number of aryl methyl sites for hydroxylation is 1. The van der Waals surface area contributed by atoms with Gasteiger partial charge in [-0.3, -0.25) is 4.79 Å². The van der Waals surface area contributed by atoms with Crippen molar-refractivity contribution in [3.63, 3.8) is 0 Å². The summed E-state index contributed by atoms with van der Waals surface area (Å²) in [5.41, 5.74) is 1.23. The number of hydrogen-bond acceptors (Lipinski definition) is 5. The number of carboxylic acid groups (broad SMARTS) is 1. The topological polar surface area (TPSA) is 89.2 Å². The van der Waals surface area contributed by atoms with Crippen LogP contribution >= 0.6 is 0 Å². The molecule has 0 spiro atoms. The molecule has 122 valence electrons. The van der Waals surface area contributed by atoms with Crippen LogP contribution in [-0.4, -0.2) is 54.8 Å². The van der Waals surface area contributed by atoms with Crippen molar-refractivity contribution in [3.05, 3.63) is 29.5 Å². The van der Waals surface area contributed by atoms with Gasteiger partial charge in [0.1, 0.15) is 11.3 Å². The summed E-state index contributed by atoms with van der Waals surface area (Å²) in [6, 6.07) is 4.26. The molecule has 23 heavy (non-hydrogen) atoms. The largest absolute Gasteiger partial charge is 0.497 e. The Morgan fingerprint density at radius 2 is 2.17 bits per heavy atom. The monoisotopic (exact) mass is 319 g/mol. The van der Waals surface area contributed by atoms with Crippen LogP contribution in [0.4, 0.5) is 0 Å². The molecule has 0 aliphatic carbocycles. The minimum atomic E-state index is -1.09. The summed E-state index contributed by atoms with van der Waals surface area (Å²) in [7, 11) is 1.56. The number of morpholine rings is 1. The maximum Gasteiger partial charge on any atom is 0.328 e. The second-order valence-corrected chi connectivity index (χ2v) is 5.35. The van der Waals surface area contributed by atoms with E-state index in [0.717, 1.165) is 5.39 Å². The molecule has 0 radical (unpaired) electrons. The van der Waals surface area contributed by atoms with Crippen LogP contribution in [-0.2, 0) is 9.53 Å². The molecule has 2 heterocycles. The van der Waals surface area contributed by atoms with E-state index in [9.17, 15) is 14.7 Å². The summed E-state index contributed by atoms with van der Waals surface area (Å²) in [5.74, 6) is -0.710. The van der Waals surface area contributed by atoms with E-state index in [0.29, 0.717) is 23.5 Å². The van der Waals surface area contributed by atoms with Crippen LogP contribution in [0.25, 0.3) is 11.0 Å². The highest BCUT2D eigenvalue weighted by Gasteiger charge is 2.35. The zero-order valence-corrected chi connectivity index (χ0v) is 12.9. The molecule has 0 unspecified atom stereocenters. The number of hydrogen-bond donors (Lipinski definition) is 1. The fourth-order valence-corrected chi connectivity index (χ4v) is 2.71. The molecular formula is C16H17NO6. The van der Waals surface area contributed by atoms with Gasteiger partial charge in [0.15, 0.2) is 11.8 Å². The maximum absolute atomic E-state index is 12.7. The lowest BCUT2D eigenvalue weighted by Gasteiger charge is -2.32. The molecule has 1 N–H and O–H groups in total. The Labute approximate surface area is 132 Å². The van der Waals surface area contributed by atoms with Gasteiger partial charge in [0.2, 0.25) is 0 Å². The van der Waals surface area contributed by atoms with Gasteiger partial charge in [-0.2, -0.15) is 0 Å². The van der Waals surface area contributed by atoms with Crippen molar-refractivity contribution in [2.24, 2.45) is 0 Å². The van der Waals surface area contributed by atoms with Crippen molar-refractivity contribution in [1.82, 2.24) is 4.90 Å². The van der Waals surface area contributed by atoms with Crippen LogP contribution in [0.1, 0.15) is 16.1 Å². The van der Waals surface area contributed by atoms with Gasteiger partial charge in [0.25, 0.3) is 5.91 Å². The third kappa shape index (κ3) is 2.63. The van der Waals surface area contributed by atoms with Crippen molar-refractivity contribution >= 4 is 22.8 Å². The molecule has 0 bridgehead atoms. The fourth-order valence-electron chi connectivity index (χ4n) is 2.71. The number of furan rings is 1. The average Bonchev–Trinajstić information content (AvgIpc) is 2.90. The molecule has 1 saturated heterocycles. The normalized spacial score (nSPS) is 18.2. The van der Waals surface area contributed by atoms with Crippen molar-refractivity contribution in [1.29, 1.82) is 0 Å². The zero-order valence-electron chi connectivity index (χ0n) is 12.9. The number of methoxy groups -OCH3 is 1. The average molecular weight is 319 g/mol. The Morgan fingerprint density at radius 3 is 2.87 bits per heavy atom. The van der Waals surface area contributed by atoms with E-state index in [-0.39, 0.29) is 18.9 Å². The van der Waals surface area contributed by atoms with E-state index in [4.69, 9.17) is 13.9 Å². The molecule has 1 atom stereocenters. The molecular weight excluding hydrogens is 302 g/mol. The number of nitrogens with zero attached hydrogens (tertiary/aromatic N) is 1. The third-order valence-electron chi connectivity index (χ3n) is 4.01. The summed E-state index contributed by atoms with van der Waals surface area (Å²) in [5, 5.41) is 10.0. The van der Waals surface area contributed by atoms with E-state index < -0.39 is 17.9 Å². The van der Waals surface area contributed by atoms with E-state index in [1.807, 2.05) is 0 Å². The van der Waals surface area contributed by atoms with Gasteiger partial charge in [-0.1, -0.05) is 0 Å². The van der Waals surface area contributed by atoms with Gasteiger partial charge in [-0.05, 0) is 25.1 Å². The number of ether oxygens (including phenoxy) is 2. The van der Waals surface area contributed by atoms with Gasteiger partial charge in [0, 0.05) is 17.5 Å². The Hall–Kier alpha value is -2.54. The maximum atomic E-state index is 12.7. The molecule has 1 aliphatic heterocycles. The summed E-state index contributed by atoms with van der Waals surface area (Å²) >= 11 is 0. The first-order valence-electron chi connectivity index (χ1n) is 7.21. The van der Waals surface area contributed by atoms with Gasteiger partial charge in [-0.15, -0.1) is 0 Å². The molecule has 7 nitrogen and oxygen atoms in total. The van der Waals surface area contributed by atoms with E-state index in [2.05, 4.69) is 0 Å². The van der Waals surface area contributed by atoms with Gasteiger partial charge < -0.3 is 23.9 Å². The first-order valence-corrected chi connectivity index (χ1v) is 7.21. The lowest BCUT2D eigenvalue weighted by molar-refractivity contribution is -0.147. The number of carbonyl (C=O) groups is 2. The van der Waals surface area contributed by atoms with Crippen molar-refractivity contribution in [2.45, 2.75) is 13.0 Å². The number of amides is 1. The SMILES string of the molecule is COc1ccc2oc(C(=O)N3CCOC[C@@H]3C(=O)O)c(C)c2c1. The summed E-state index contributed by atoms with van der Waals surface area (Å²) in [4.78, 5) is 25.3.